The van der Waals surface area contributed by atoms with Gasteiger partial charge in [0.15, 0.2) is 11.5 Å². The van der Waals surface area contributed by atoms with E-state index in [1.165, 1.54) is 13.2 Å². The van der Waals surface area contributed by atoms with Gasteiger partial charge in [0.1, 0.15) is 18.2 Å². The first kappa shape index (κ1) is 23.2. The normalized spacial score (nSPS) is 10.9. The fourth-order valence-electron chi connectivity index (χ4n) is 2.88. The number of hydrogen-bond acceptors (Lipinski definition) is 4. The van der Waals surface area contributed by atoms with E-state index in [4.69, 9.17) is 32.7 Å². The Labute approximate surface area is 196 Å². The molecule has 0 aromatic heterocycles. The Morgan fingerprint density at radius 1 is 1.09 bits per heavy atom. The zero-order chi connectivity index (χ0) is 23.1. The first-order chi connectivity index (χ1) is 15.4. The van der Waals surface area contributed by atoms with Crippen LogP contribution in [0.2, 0.25) is 10.0 Å². The van der Waals surface area contributed by atoms with E-state index < -0.39 is 5.91 Å². The molecule has 0 aliphatic heterocycles. The highest BCUT2D eigenvalue weighted by molar-refractivity contribution is 6.32. The molecule has 0 atom stereocenters. The van der Waals surface area contributed by atoms with Gasteiger partial charge in [0, 0.05) is 16.3 Å². The standard InChI is InChI=1S/C25H20Cl2N2O3/c1-16-7-9-20(10-8-16)29-25(30)19(14-28)11-17-12-22(27)24(23(13-17)31-2)32-15-18-5-3-4-6-21(18)26/h3-13H,15H2,1-2H3,(H,29,30)/b19-11+. The fraction of sp³-hybridized carbons (Fsp3) is 0.120. The lowest BCUT2D eigenvalue weighted by molar-refractivity contribution is -0.112. The molecule has 0 heterocycles. The van der Waals surface area contributed by atoms with E-state index in [1.807, 2.05) is 43.3 Å². The van der Waals surface area contributed by atoms with Crippen molar-refractivity contribution < 1.29 is 14.3 Å². The lowest BCUT2D eigenvalue weighted by Gasteiger charge is -2.14. The topological polar surface area (TPSA) is 71.3 Å². The third-order valence-electron chi connectivity index (χ3n) is 4.57. The Morgan fingerprint density at radius 2 is 1.81 bits per heavy atom. The van der Waals surface area contributed by atoms with Crippen LogP contribution in [0.3, 0.4) is 0 Å². The molecule has 0 radical (unpaired) electrons. The highest BCUT2D eigenvalue weighted by Crippen LogP contribution is 2.38. The number of benzene rings is 3. The number of aryl methyl sites for hydroxylation is 1. The molecular weight excluding hydrogens is 447 g/mol. The molecule has 0 aliphatic carbocycles. The van der Waals surface area contributed by atoms with Gasteiger partial charge in [-0.05, 0) is 48.9 Å². The first-order valence-corrected chi connectivity index (χ1v) is 10.4. The molecular formula is C25H20Cl2N2O3. The van der Waals surface area contributed by atoms with Gasteiger partial charge in [-0.3, -0.25) is 4.79 Å². The van der Waals surface area contributed by atoms with Crippen LogP contribution in [-0.2, 0) is 11.4 Å². The summed E-state index contributed by atoms with van der Waals surface area (Å²) in [6.45, 7) is 2.15. The predicted molar refractivity (Wildman–Crippen MR) is 127 cm³/mol. The van der Waals surface area contributed by atoms with Crippen molar-refractivity contribution in [3.05, 3.63) is 93.0 Å². The Balaban J connectivity index is 1.82. The highest BCUT2D eigenvalue weighted by Gasteiger charge is 2.15. The van der Waals surface area contributed by atoms with E-state index in [-0.39, 0.29) is 17.2 Å². The summed E-state index contributed by atoms with van der Waals surface area (Å²) in [6.07, 6.45) is 1.44. The zero-order valence-corrected chi connectivity index (χ0v) is 19.0. The Bertz CT molecular complexity index is 1200. The van der Waals surface area contributed by atoms with Crippen LogP contribution < -0.4 is 14.8 Å². The Hall–Kier alpha value is -3.46. The van der Waals surface area contributed by atoms with Crippen LogP contribution in [0.4, 0.5) is 5.69 Å². The van der Waals surface area contributed by atoms with Gasteiger partial charge in [-0.2, -0.15) is 5.26 Å². The molecule has 0 saturated carbocycles. The van der Waals surface area contributed by atoms with Crippen LogP contribution in [0.25, 0.3) is 6.08 Å². The molecule has 1 N–H and O–H groups in total. The van der Waals surface area contributed by atoms with Gasteiger partial charge in [-0.15, -0.1) is 0 Å². The minimum Gasteiger partial charge on any atom is -0.493 e. The molecule has 0 unspecified atom stereocenters. The maximum atomic E-state index is 12.5. The average molecular weight is 467 g/mol. The molecule has 0 aliphatic rings. The number of carbonyl (C=O) groups is 1. The minimum absolute atomic E-state index is 0.0755. The minimum atomic E-state index is -0.523. The first-order valence-electron chi connectivity index (χ1n) is 9.65. The van der Waals surface area contributed by atoms with Gasteiger partial charge in [0.2, 0.25) is 0 Å². The molecule has 3 aromatic carbocycles. The van der Waals surface area contributed by atoms with Crippen molar-refractivity contribution in [3.63, 3.8) is 0 Å². The van der Waals surface area contributed by atoms with Crippen LogP contribution in [-0.4, -0.2) is 13.0 Å². The van der Waals surface area contributed by atoms with Crippen LogP contribution >= 0.6 is 23.2 Å². The molecule has 1 amide bonds. The van der Waals surface area contributed by atoms with Crippen LogP contribution in [0.5, 0.6) is 11.5 Å². The zero-order valence-electron chi connectivity index (χ0n) is 17.5. The Kier molecular flexibility index (Phi) is 7.77. The van der Waals surface area contributed by atoms with Crippen molar-refractivity contribution in [2.75, 3.05) is 12.4 Å². The SMILES string of the molecule is COc1cc(/C=C(\C#N)C(=O)Nc2ccc(C)cc2)cc(Cl)c1OCc1ccccc1Cl. The second-order valence-corrected chi connectivity index (χ2v) is 7.72. The van der Waals surface area contributed by atoms with Crippen molar-refractivity contribution in [2.24, 2.45) is 0 Å². The molecule has 0 bridgehead atoms. The molecule has 32 heavy (non-hydrogen) atoms. The number of ether oxygens (including phenoxy) is 2. The van der Waals surface area contributed by atoms with Crippen molar-refractivity contribution in [1.29, 1.82) is 5.26 Å². The van der Waals surface area contributed by atoms with Crippen LogP contribution in [0.15, 0.2) is 66.2 Å². The van der Waals surface area contributed by atoms with Gasteiger partial charge >= 0.3 is 0 Å². The maximum absolute atomic E-state index is 12.5. The average Bonchev–Trinajstić information content (AvgIpc) is 2.78. The summed E-state index contributed by atoms with van der Waals surface area (Å²) in [5.74, 6) is 0.186. The molecule has 3 rings (SSSR count). The monoisotopic (exact) mass is 466 g/mol. The number of amides is 1. The van der Waals surface area contributed by atoms with Crippen molar-refractivity contribution in [2.45, 2.75) is 13.5 Å². The molecule has 0 spiro atoms. The number of halogens is 2. The number of carbonyl (C=O) groups excluding carboxylic acids is 1. The second-order valence-electron chi connectivity index (χ2n) is 6.90. The number of nitrogens with zero attached hydrogens (tertiary/aromatic N) is 1. The van der Waals surface area contributed by atoms with E-state index in [2.05, 4.69) is 5.32 Å². The number of hydrogen-bond donors (Lipinski definition) is 1. The molecule has 0 fully saturated rings. The summed E-state index contributed by atoms with van der Waals surface area (Å²) in [5, 5.41) is 13.1. The summed E-state index contributed by atoms with van der Waals surface area (Å²) in [6, 6.07) is 19.8. The van der Waals surface area contributed by atoms with E-state index in [0.29, 0.717) is 27.8 Å². The number of nitrogens with one attached hydrogen (secondary N) is 1. The van der Waals surface area contributed by atoms with Gasteiger partial charge < -0.3 is 14.8 Å². The molecule has 7 heteroatoms. The van der Waals surface area contributed by atoms with Crippen molar-refractivity contribution in [1.82, 2.24) is 0 Å². The van der Waals surface area contributed by atoms with E-state index in [9.17, 15) is 10.1 Å². The Morgan fingerprint density at radius 3 is 2.47 bits per heavy atom. The second kappa shape index (κ2) is 10.7. The van der Waals surface area contributed by atoms with Crippen LogP contribution in [0, 0.1) is 18.3 Å². The summed E-state index contributed by atoms with van der Waals surface area (Å²) < 4.78 is 11.3. The molecule has 5 nitrogen and oxygen atoms in total. The third kappa shape index (κ3) is 5.82. The fourth-order valence-corrected chi connectivity index (χ4v) is 3.34. The summed E-state index contributed by atoms with van der Waals surface area (Å²) in [4.78, 5) is 12.5. The van der Waals surface area contributed by atoms with Gasteiger partial charge in [-0.1, -0.05) is 59.1 Å². The lowest BCUT2D eigenvalue weighted by Crippen LogP contribution is -2.13. The summed E-state index contributed by atoms with van der Waals surface area (Å²) in [5.41, 5.74) is 2.91. The lowest BCUT2D eigenvalue weighted by atomic mass is 10.1. The summed E-state index contributed by atoms with van der Waals surface area (Å²) in [7, 11) is 1.48. The third-order valence-corrected chi connectivity index (χ3v) is 5.22. The van der Waals surface area contributed by atoms with E-state index >= 15 is 0 Å². The van der Waals surface area contributed by atoms with E-state index in [1.54, 1.807) is 30.3 Å². The number of anilines is 1. The molecule has 0 saturated heterocycles. The van der Waals surface area contributed by atoms with Gasteiger partial charge in [0.05, 0.1) is 12.1 Å². The van der Waals surface area contributed by atoms with Crippen molar-refractivity contribution in [3.8, 4) is 17.6 Å². The quantitative estimate of drug-likeness (QED) is 0.321. The van der Waals surface area contributed by atoms with Gasteiger partial charge in [0.25, 0.3) is 5.91 Å². The smallest absolute Gasteiger partial charge is 0.266 e. The van der Waals surface area contributed by atoms with Crippen molar-refractivity contribution >= 4 is 40.9 Å². The van der Waals surface area contributed by atoms with Crippen LogP contribution in [0.1, 0.15) is 16.7 Å². The number of rotatable bonds is 7. The van der Waals surface area contributed by atoms with Gasteiger partial charge in [-0.25, -0.2) is 0 Å². The summed E-state index contributed by atoms with van der Waals surface area (Å²) >= 11 is 12.6. The largest absolute Gasteiger partial charge is 0.493 e. The predicted octanol–water partition coefficient (Wildman–Crippen LogP) is 6.44. The number of methoxy groups -OCH3 is 1. The highest BCUT2D eigenvalue weighted by atomic mass is 35.5. The molecule has 162 valence electrons. The molecule has 3 aromatic rings. The maximum Gasteiger partial charge on any atom is 0.266 e. The van der Waals surface area contributed by atoms with E-state index in [0.717, 1.165) is 11.1 Å². The number of nitriles is 1.